The lowest BCUT2D eigenvalue weighted by Crippen LogP contribution is -2.21. The van der Waals surface area contributed by atoms with Crippen molar-refractivity contribution in [2.45, 2.75) is 68.5 Å². The quantitative estimate of drug-likeness (QED) is 0.547. The minimum absolute atomic E-state index is 0.0529. The Kier molecular flexibility index (Phi) is 6.84. The third kappa shape index (κ3) is 5.21. The van der Waals surface area contributed by atoms with Gasteiger partial charge >= 0.3 is 12.1 Å². The Bertz CT molecular complexity index is 987. The van der Waals surface area contributed by atoms with Crippen LogP contribution in [-0.2, 0) is 23.4 Å². The molecule has 1 saturated carbocycles. The number of hydrogen-bond donors (Lipinski definition) is 2. The summed E-state index contributed by atoms with van der Waals surface area (Å²) in [7, 11) is 0. The lowest BCUT2D eigenvalue weighted by molar-refractivity contribution is -0.192. The molecule has 2 aromatic rings. The summed E-state index contributed by atoms with van der Waals surface area (Å²) in [6, 6.07) is 2.08. The van der Waals surface area contributed by atoms with Gasteiger partial charge in [-0.3, -0.25) is 9.78 Å². The number of hydrogen-bond acceptors (Lipinski definition) is 5. The summed E-state index contributed by atoms with van der Waals surface area (Å²) in [5, 5.41) is 7.87. The molecule has 0 spiro atoms. The van der Waals surface area contributed by atoms with Crippen molar-refractivity contribution < 1.29 is 23.1 Å². The molecule has 0 saturated heterocycles. The average molecular weight is 441 g/mol. The van der Waals surface area contributed by atoms with E-state index in [1.165, 1.54) is 36.1 Å². The maximum Gasteiger partial charge on any atom is 0.490 e. The molecule has 10 heteroatoms. The molecule has 2 aliphatic carbocycles. The highest BCUT2D eigenvalue weighted by atomic mass is 32.2. The Morgan fingerprint density at radius 1 is 1.30 bits per heavy atom. The Labute approximate surface area is 175 Å². The number of carboxylic acids is 1. The summed E-state index contributed by atoms with van der Waals surface area (Å²) in [4.78, 5) is 33.3. The number of pyridine rings is 1. The molecule has 162 valence electrons. The van der Waals surface area contributed by atoms with E-state index in [4.69, 9.17) is 9.90 Å². The normalized spacial score (nSPS) is 15.7. The number of carbonyl (C=O) groups is 1. The summed E-state index contributed by atoms with van der Waals surface area (Å²) >= 11 is 1.63. The highest BCUT2D eigenvalue weighted by Crippen LogP contribution is 2.38. The molecular formula is C20H22F3N3O3S. The number of aliphatic carboxylic acids is 1. The largest absolute Gasteiger partial charge is 0.490 e. The van der Waals surface area contributed by atoms with E-state index < -0.39 is 12.1 Å². The molecule has 0 aliphatic heterocycles. The van der Waals surface area contributed by atoms with E-state index in [0.29, 0.717) is 5.92 Å². The van der Waals surface area contributed by atoms with Gasteiger partial charge in [-0.2, -0.15) is 13.2 Å². The van der Waals surface area contributed by atoms with Crippen LogP contribution in [0.2, 0.25) is 0 Å². The second kappa shape index (κ2) is 9.20. The van der Waals surface area contributed by atoms with E-state index in [9.17, 15) is 18.0 Å². The van der Waals surface area contributed by atoms with E-state index in [2.05, 4.69) is 27.9 Å². The summed E-state index contributed by atoms with van der Waals surface area (Å²) in [5.74, 6) is -1.31. The summed E-state index contributed by atoms with van der Waals surface area (Å²) < 4.78 is 31.7. The van der Waals surface area contributed by atoms with Gasteiger partial charge in [0.15, 0.2) is 5.16 Å². The summed E-state index contributed by atoms with van der Waals surface area (Å²) in [6.45, 7) is 2.15. The van der Waals surface area contributed by atoms with Crippen molar-refractivity contribution in [2.75, 3.05) is 0 Å². The number of H-pyrrole nitrogens is 1. The minimum atomic E-state index is -5.08. The molecule has 0 atom stereocenters. The highest BCUT2D eigenvalue weighted by Gasteiger charge is 2.38. The van der Waals surface area contributed by atoms with Crippen LogP contribution in [0.4, 0.5) is 13.2 Å². The van der Waals surface area contributed by atoms with Crippen molar-refractivity contribution in [1.29, 1.82) is 0 Å². The number of nitrogens with zero attached hydrogens (tertiary/aromatic N) is 2. The predicted octanol–water partition coefficient (Wildman–Crippen LogP) is 4.16. The van der Waals surface area contributed by atoms with Gasteiger partial charge in [0, 0.05) is 29.1 Å². The molecule has 4 rings (SSSR count). The predicted molar refractivity (Wildman–Crippen MR) is 106 cm³/mol. The van der Waals surface area contributed by atoms with Gasteiger partial charge in [0.25, 0.3) is 5.56 Å². The molecule has 0 aromatic carbocycles. The van der Waals surface area contributed by atoms with Crippen molar-refractivity contribution >= 4 is 17.7 Å². The van der Waals surface area contributed by atoms with E-state index in [1.807, 2.05) is 6.20 Å². The average Bonchev–Trinajstić information content (AvgIpc) is 3.09. The molecule has 0 bridgehead atoms. The molecule has 0 radical (unpaired) electrons. The number of halogens is 3. The highest BCUT2D eigenvalue weighted by molar-refractivity contribution is 7.98. The molecule has 6 nitrogen and oxygen atoms in total. The topological polar surface area (TPSA) is 95.9 Å². The molecular weight excluding hydrogens is 419 g/mol. The van der Waals surface area contributed by atoms with Crippen molar-refractivity contribution in [3.8, 4) is 0 Å². The Balaban J connectivity index is 0.000000318. The first kappa shape index (κ1) is 22.3. The monoisotopic (exact) mass is 441 g/mol. The van der Waals surface area contributed by atoms with Gasteiger partial charge in [-0.25, -0.2) is 9.78 Å². The fourth-order valence-corrected chi connectivity index (χ4v) is 4.46. The molecule has 2 N–H and O–H groups in total. The standard InChI is InChI=1S/C18H21N3OS.C2HF3O2/c1-11-8-9-19-16(12-4-2-5-12)14(11)10-23-18-20-15-7-3-6-13(15)17(22)21-18;3-2(4,5)1(6)7/h8-9,12H,2-7,10H2,1H3,(H,20,21,22);(H,6,7). The molecule has 2 aromatic heterocycles. The molecule has 0 unspecified atom stereocenters. The van der Waals surface area contributed by atoms with E-state index in [0.717, 1.165) is 41.4 Å². The van der Waals surface area contributed by atoms with Gasteiger partial charge in [0.05, 0.1) is 5.69 Å². The smallest absolute Gasteiger partial charge is 0.475 e. The number of thioether (sulfide) groups is 1. The number of alkyl halides is 3. The maximum atomic E-state index is 12.1. The lowest BCUT2D eigenvalue weighted by Gasteiger charge is -2.27. The molecule has 0 amide bonds. The molecule has 2 aliphatic rings. The number of carboxylic acid groups (broad SMARTS) is 1. The molecule has 1 fully saturated rings. The van der Waals surface area contributed by atoms with Crippen molar-refractivity contribution in [3.05, 3.63) is 50.7 Å². The fraction of sp³-hybridized carbons (Fsp3) is 0.500. The number of fused-ring (bicyclic) bond motifs is 1. The zero-order chi connectivity index (χ0) is 21.9. The number of nitrogens with one attached hydrogen (secondary N) is 1. The first-order valence-corrected chi connectivity index (χ1v) is 10.6. The molecule has 30 heavy (non-hydrogen) atoms. The van der Waals surface area contributed by atoms with Crippen LogP contribution in [0.3, 0.4) is 0 Å². The van der Waals surface area contributed by atoms with Gasteiger partial charge in [-0.05, 0) is 56.2 Å². The Hall–Kier alpha value is -2.36. The van der Waals surface area contributed by atoms with Crippen LogP contribution in [0.15, 0.2) is 22.2 Å². The van der Waals surface area contributed by atoms with Gasteiger partial charge in [-0.1, -0.05) is 18.2 Å². The van der Waals surface area contributed by atoms with E-state index in [-0.39, 0.29) is 5.56 Å². The number of aromatic amines is 1. The van der Waals surface area contributed by atoms with E-state index >= 15 is 0 Å². The summed E-state index contributed by atoms with van der Waals surface area (Å²) in [5.41, 5.74) is 5.81. The van der Waals surface area contributed by atoms with Crippen LogP contribution >= 0.6 is 11.8 Å². The summed E-state index contributed by atoms with van der Waals surface area (Å²) in [6.07, 6.45) is 3.51. The van der Waals surface area contributed by atoms with Crippen LogP contribution in [0.1, 0.15) is 59.7 Å². The first-order valence-electron chi connectivity index (χ1n) is 9.66. The van der Waals surface area contributed by atoms with Gasteiger partial charge in [0.2, 0.25) is 0 Å². The van der Waals surface area contributed by atoms with E-state index in [1.54, 1.807) is 11.8 Å². The van der Waals surface area contributed by atoms with Crippen LogP contribution in [0.5, 0.6) is 0 Å². The minimum Gasteiger partial charge on any atom is -0.475 e. The lowest BCUT2D eigenvalue weighted by atomic mass is 9.80. The number of aromatic nitrogens is 3. The first-order chi connectivity index (χ1) is 14.2. The van der Waals surface area contributed by atoms with Crippen molar-refractivity contribution in [1.82, 2.24) is 15.0 Å². The second-order valence-corrected chi connectivity index (χ2v) is 8.32. The van der Waals surface area contributed by atoms with Gasteiger partial charge < -0.3 is 10.1 Å². The van der Waals surface area contributed by atoms with Crippen molar-refractivity contribution in [3.63, 3.8) is 0 Å². The number of aryl methyl sites for hydroxylation is 2. The Morgan fingerprint density at radius 3 is 2.60 bits per heavy atom. The Morgan fingerprint density at radius 2 is 2.00 bits per heavy atom. The van der Waals surface area contributed by atoms with Crippen LogP contribution < -0.4 is 5.56 Å². The SMILES string of the molecule is Cc1ccnc(C2CCC2)c1CSc1nc2c(c(=O)[nH]1)CCC2.O=C(O)C(F)(F)F. The van der Waals surface area contributed by atoms with Gasteiger partial charge in [-0.15, -0.1) is 0 Å². The zero-order valence-electron chi connectivity index (χ0n) is 16.4. The zero-order valence-corrected chi connectivity index (χ0v) is 17.2. The van der Waals surface area contributed by atoms with Crippen LogP contribution in [-0.4, -0.2) is 32.2 Å². The maximum absolute atomic E-state index is 12.1. The van der Waals surface area contributed by atoms with Gasteiger partial charge in [0.1, 0.15) is 0 Å². The third-order valence-electron chi connectivity index (χ3n) is 5.33. The fourth-order valence-electron chi connectivity index (χ4n) is 3.46. The van der Waals surface area contributed by atoms with Crippen molar-refractivity contribution in [2.24, 2.45) is 0 Å². The second-order valence-electron chi connectivity index (χ2n) is 7.36. The molecule has 2 heterocycles. The number of rotatable bonds is 4. The van der Waals surface area contributed by atoms with Crippen LogP contribution in [0, 0.1) is 6.92 Å². The third-order valence-corrected chi connectivity index (χ3v) is 6.23. The van der Waals surface area contributed by atoms with Crippen LogP contribution in [0.25, 0.3) is 0 Å².